The lowest BCUT2D eigenvalue weighted by Gasteiger charge is -2.17. The molecule has 2 rings (SSSR count). The third-order valence-corrected chi connectivity index (χ3v) is 3.62. The third-order valence-electron chi connectivity index (χ3n) is 3.37. The number of nitrogens with zero attached hydrogens (tertiary/aromatic N) is 5. The number of rotatable bonds is 8. The Balaban J connectivity index is 2.08. The zero-order valence-electron chi connectivity index (χ0n) is 14.6. The van der Waals surface area contributed by atoms with Crippen molar-refractivity contribution in [2.75, 3.05) is 25.0 Å². The average Bonchev–Trinajstić information content (AvgIpc) is 3.04. The van der Waals surface area contributed by atoms with Gasteiger partial charge in [0, 0.05) is 25.4 Å². The van der Waals surface area contributed by atoms with E-state index in [0.717, 1.165) is 31.0 Å². The maximum Gasteiger partial charge on any atom is 0.171 e. The maximum atomic E-state index is 5.43. The summed E-state index contributed by atoms with van der Waals surface area (Å²) in [6, 6.07) is 1.82. The van der Waals surface area contributed by atoms with Gasteiger partial charge in [-0.05, 0) is 32.1 Å². The summed E-state index contributed by atoms with van der Waals surface area (Å²) in [6.45, 7) is 7.14. The van der Waals surface area contributed by atoms with Gasteiger partial charge in [0.1, 0.15) is 24.3 Å². The van der Waals surface area contributed by atoms with Crippen LogP contribution in [0.5, 0.6) is 0 Å². The van der Waals surface area contributed by atoms with Crippen molar-refractivity contribution < 1.29 is 0 Å². The molecular formula is C17H23N7S. The van der Waals surface area contributed by atoms with E-state index in [9.17, 15) is 0 Å². The molecule has 25 heavy (non-hydrogen) atoms. The quantitative estimate of drug-likeness (QED) is 0.551. The highest BCUT2D eigenvalue weighted by atomic mass is 32.1. The molecule has 0 aliphatic heterocycles. The molecule has 0 aliphatic rings. The lowest BCUT2D eigenvalue weighted by Crippen LogP contribution is -2.28. The van der Waals surface area contributed by atoms with Crippen LogP contribution in [0.2, 0.25) is 0 Å². The Morgan fingerprint density at radius 2 is 2.20 bits per heavy atom. The number of hydrogen-bond acceptors (Lipinski definition) is 5. The van der Waals surface area contributed by atoms with Crippen LogP contribution in [0.4, 0.5) is 5.82 Å². The first kappa shape index (κ1) is 18.8. The Hall–Kier alpha value is -2.50. The van der Waals surface area contributed by atoms with Crippen LogP contribution in [-0.2, 0) is 6.54 Å². The second-order valence-corrected chi connectivity index (χ2v) is 5.84. The monoisotopic (exact) mass is 357 g/mol. The van der Waals surface area contributed by atoms with Crippen LogP contribution in [0.25, 0.3) is 5.82 Å². The van der Waals surface area contributed by atoms with Crippen molar-refractivity contribution in [3.8, 4) is 18.2 Å². The van der Waals surface area contributed by atoms with Gasteiger partial charge >= 0.3 is 0 Å². The minimum atomic E-state index is 0.531. The largest absolute Gasteiger partial charge is 0.363 e. The molecule has 2 heterocycles. The van der Waals surface area contributed by atoms with E-state index < -0.39 is 0 Å². The van der Waals surface area contributed by atoms with Gasteiger partial charge < -0.3 is 10.6 Å². The normalized spacial score (nSPS) is 10.5. The summed E-state index contributed by atoms with van der Waals surface area (Å²) in [5.74, 6) is 4.04. The van der Waals surface area contributed by atoms with Crippen molar-refractivity contribution in [2.45, 2.75) is 26.8 Å². The smallest absolute Gasteiger partial charge is 0.171 e. The van der Waals surface area contributed by atoms with Crippen molar-refractivity contribution in [1.82, 2.24) is 29.7 Å². The van der Waals surface area contributed by atoms with Crippen molar-refractivity contribution >= 4 is 23.1 Å². The highest BCUT2D eigenvalue weighted by Gasteiger charge is 2.08. The molecule has 0 atom stereocenters. The van der Waals surface area contributed by atoms with Crippen LogP contribution >= 0.6 is 12.2 Å². The van der Waals surface area contributed by atoms with E-state index in [2.05, 4.69) is 43.3 Å². The summed E-state index contributed by atoms with van der Waals surface area (Å²) in [7, 11) is 0. The molecule has 0 saturated carbocycles. The van der Waals surface area contributed by atoms with Gasteiger partial charge in [0.05, 0.1) is 12.2 Å². The minimum absolute atomic E-state index is 0.531. The van der Waals surface area contributed by atoms with Gasteiger partial charge in [0.2, 0.25) is 0 Å². The molecule has 0 spiro atoms. The van der Waals surface area contributed by atoms with Crippen LogP contribution in [0.1, 0.15) is 26.0 Å². The number of hydrogen-bond donors (Lipinski definition) is 2. The lowest BCUT2D eigenvalue weighted by atomic mass is 10.3. The van der Waals surface area contributed by atoms with Gasteiger partial charge in [-0.25, -0.2) is 15.0 Å². The molecule has 7 nitrogen and oxygen atoms in total. The fourth-order valence-corrected chi connectivity index (χ4v) is 2.59. The Bertz CT molecular complexity index is 735. The molecule has 8 heteroatoms. The van der Waals surface area contributed by atoms with E-state index in [1.54, 1.807) is 6.33 Å². The topological polar surface area (TPSA) is 70.9 Å². The van der Waals surface area contributed by atoms with Gasteiger partial charge in [-0.1, -0.05) is 12.8 Å². The first-order valence-electron chi connectivity index (χ1n) is 8.22. The Morgan fingerprint density at radius 1 is 1.36 bits per heavy atom. The molecule has 0 saturated heterocycles. The molecule has 2 aromatic rings. The highest BCUT2D eigenvalue weighted by Crippen LogP contribution is 2.11. The number of imidazole rings is 1. The van der Waals surface area contributed by atoms with E-state index in [1.165, 1.54) is 6.33 Å². The van der Waals surface area contributed by atoms with Gasteiger partial charge in [-0.3, -0.25) is 9.47 Å². The Morgan fingerprint density at radius 3 is 2.92 bits per heavy atom. The fraction of sp³-hybridized carbons (Fsp3) is 0.412. The average molecular weight is 357 g/mol. The second kappa shape index (κ2) is 9.71. The van der Waals surface area contributed by atoms with E-state index >= 15 is 0 Å². The van der Waals surface area contributed by atoms with Crippen molar-refractivity contribution in [3.63, 3.8) is 0 Å². The SMILES string of the molecule is C#CCN(CCC)Cc1cn(-c2cc(NC(=S)NCC)ncn2)cn1. The summed E-state index contributed by atoms with van der Waals surface area (Å²) >= 11 is 5.17. The molecule has 0 aromatic carbocycles. The highest BCUT2D eigenvalue weighted by molar-refractivity contribution is 7.80. The van der Waals surface area contributed by atoms with Crippen LogP contribution in [-0.4, -0.2) is 49.2 Å². The van der Waals surface area contributed by atoms with Crippen LogP contribution < -0.4 is 10.6 Å². The molecule has 0 unspecified atom stereocenters. The van der Waals surface area contributed by atoms with Crippen LogP contribution in [0.3, 0.4) is 0 Å². The molecule has 0 bridgehead atoms. The molecule has 0 fully saturated rings. The molecule has 0 radical (unpaired) electrons. The summed E-state index contributed by atoms with van der Waals surface area (Å²) in [5.41, 5.74) is 0.944. The lowest BCUT2D eigenvalue weighted by molar-refractivity contribution is 0.296. The van der Waals surface area contributed by atoms with Gasteiger partial charge in [0.15, 0.2) is 5.11 Å². The van der Waals surface area contributed by atoms with Gasteiger partial charge in [-0.2, -0.15) is 0 Å². The molecular weight excluding hydrogens is 334 g/mol. The van der Waals surface area contributed by atoms with E-state index in [4.69, 9.17) is 18.6 Å². The zero-order valence-corrected chi connectivity index (χ0v) is 15.4. The number of terminal acetylenes is 1. The maximum absolute atomic E-state index is 5.43. The Kier molecular flexibility index (Phi) is 7.32. The predicted octanol–water partition coefficient (Wildman–Crippen LogP) is 1.81. The van der Waals surface area contributed by atoms with Crippen molar-refractivity contribution in [3.05, 3.63) is 30.6 Å². The summed E-state index contributed by atoms with van der Waals surface area (Å²) < 4.78 is 1.86. The van der Waals surface area contributed by atoms with E-state index in [0.29, 0.717) is 24.0 Å². The standard InChI is InChI=1S/C17H23N7S/c1-4-7-23(8-5-2)10-14-11-24(13-21-14)16-9-15(19-12-20-16)22-17(25)18-6-3/h1,9,11-13H,5-8,10H2,2-3H3,(H2,18,19,20,22,25). The first-order valence-corrected chi connectivity index (χ1v) is 8.63. The fourth-order valence-electron chi connectivity index (χ4n) is 2.34. The predicted molar refractivity (Wildman–Crippen MR) is 103 cm³/mol. The minimum Gasteiger partial charge on any atom is -0.363 e. The molecule has 2 N–H and O–H groups in total. The Labute approximate surface area is 153 Å². The molecule has 0 aliphatic carbocycles. The molecule has 132 valence electrons. The number of anilines is 1. The third kappa shape index (κ3) is 5.81. The van der Waals surface area contributed by atoms with Crippen molar-refractivity contribution in [1.29, 1.82) is 0 Å². The number of aromatic nitrogens is 4. The van der Waals surface area contributed by atoms with Crippen LogP contribution in [0, 0.1) is 12.3 Å². The van der Waals surface area contributed by atoms with Gasteiger partial charge in [0.25, 0.3) is 0 Å². The number of thiocarbonyl (C=S) groups is 1. The van der Waals surface area contributed by atoms with Crippen LogP contribution in [0.15, 0.2) is 24.9 Å². The van der Waals surface area contributed by atoms with Gasteiger partial charge in [-0.15, -0.1) is 6.42 Å². The molecule has 2 aromatic heterocycles. The summed E-state index contributed by atoms with van der Waals surface area (Å²) in [5, 5.41) is 6.58. The number of nitrogens with one attached hydrogen (secondary N) is 2. The molecule has 0 amide bonds. The first-order chi connectivity index (χ1) is 12.2. The second-order valence-electron chi connectivity index (χ2n) is 5.43. The van der Waals surface area contributed by atoms with Crippen molar-refractivity contribution in [2.24, 2.45) is 0 Å². The summed E-state index contributed by atoms with van der Waals surface area (Å²) in [4.78, 5) is 15.1. The zero-order chi connectivity index (χ0) is 18.1. The van der Waals surface area contributed by atoms with E-state index in [-0.39, 0.29) is 0 Å². The van der Waals surface area contributed by atoms with E-state index in [1.807, 2.05) is 23.8 Å². The summed E-state index contributed by atoms with van der Waals surface area (Å²) in [6.07, 6.45) is 11.7.